The first kappa shape index (κ1) is 13.6. The Morgan fingerprint density at radius 2 is 1.95 bits per heavy atom. The van der Waals surface area contributed by atoms with Crippen LogP contribution in [0.5, 0.6) is 5.75 Å². The smallest absolute Gasteiger partial charge is 0.260 e. The number of likely N-dealkylation sites (tertiary alicyclic amines) is 1. The molecule has 1 aliphatic rings. The van der Waals surface area contributed by atoms with Crippen molar-refractivity contribution in [1.29, 1.82) is 0 Å². The van der Waals surface area contributed by atoms with E-state index < -0.39 is 0 Å². The van der Waals surface area contributed by atoms with Gasteiger partial charge in [0.05, 0.1) is 0 Å². The first-order valence-electron chi connectivity index (χ1n) is 6.56. The predicted molar refractivity (Wildman–Crippen MR) is 72.2 cm³/mol. The molecule has 1 aliphatic heterocycles. The van der Waals surface area contributed by atoms with E-state index in [4.69, 9.17) is 4.74 Å². The molecule has 0 unspecified atom stereocenters. The number of aryl methyl sites for hydroxylation is 2. The summed E-state index contributed by atoms with van der Waals surface area (Å²) < 4.78 is 5.56. The molecule has 1 aromatic carbocycles. The monoisotopic (exact) mass is 261 g/mol. The minimum atomic E-state index is -0.0486. The van der Waals surface area contributed by atoms with Crippen molar-refractivity contribution in [2.75, 3.05) is 19.7 Å². The van der Waals surface area contributed by atoms with Crippen LogP contribution in [0.1, 0.15) is 24.0 Å². The molecule has 1 fully saturated rings. The lowest BCUT2D eigenvalue weighted by Gasteiger charge is -2.26. The van der Waals surface area contributed by atoms with Crippen molar-refractivity contribution in [2.45, 2.75) is 26.7 Å². The first-order valence-corrected chi connectivity index (χ1v) is 6.56. The van der Waals surface area contributed by atoms with Gasteiger partial charge in [-0.1, -0.05) is 17.7 Å². The number of ether oxygens (including phenoxy) is 1. The van der Waals surface area contributed by atoms with Gasteiger partial charge >= 0.3 is 0 Å². The van der Waals surface area contributed by atoms with Crippen LogP contribution in [0, 0.1) is 13.8 Å². The second-order valence-corrected chi connectivity index (χ2v) is 4.98. The summed E-state index contributed by atoms with van der Waals surface area (Å²) in [6, 6.07) is 5.88. The van der Waals surface area contributed by atoms with Crippen LogP contribution in [0.2, 0.25) is 0 Å². The zero-order valence-corrected chi connectivity index (χ0v) is 11.4. The Morgan fingerprint density at radius 1 is 1.26 bits per heavy atom. The topological polar surface area (TPSA) is 46.6 Å². The van der Waals surface area contributed by atoms with Gasteiger partial charge in [0.1, 0.15) is 11.5 Å². The van der Waals surface area contributed by atoms with Gasteiger partial charge in [-0.2, -0.15) is 0 Å². The second-order valence-electron chi connectivity index (χ2n) is 4.98. The van der Waals surface area contributed by atoms with E-state index in [0.717, 1.165) is 11.3 Å². The average Bonchev–Trinajstić information content (AvgIpc) is 2.38. The van der Waals surface area contributed by atoms with Crippen LogP contribution in [-0.2, 0) is 9.59 Å². The van der Waals surface area contributed by atoms with Crippen molar-refractivity contribution in [3.8, 4) is 5.75 Å². The maximum absolute atomic E-state index is 11.9. The van der Waals surface area contributed by atoms with Crippen LogP contribution in [0.15, 0.2) is 18.2 Å². The highest BCUT2D eigenvalue weighted by atomic mass is 16.5. The molecule has 2 rings (SSSR count). The molecule has 0 aromatic heterocycles. The fourth-order valence-corrected chi connectivity index (χ4v) is 2.20. The van der Waals surface area contributed by atoms with E-state index in [1.165, 1.54) is 5.56 Å². The molecule has 0 N–H and O–H groups in total. The highest BCUT2D eigenvalue weighted by Crippen LogP contribution is 2.18. The number of hydrogen-bond donors (Lipinski definition) is 0. The fraction of sp³-hybridized carbons (Fsp3) is 0.467. The molecule has 0 bridgehead atoms. The quantitative estimate of drug-likeness (QED) is 0.834. The van der Waals surface area contributed by atoms with Gasteiger partial charge in [0.2, 0.25) is 0 Å². The third-order valence-corrected chi connectivity index (χ3v) is 3.36. The summed E-state index contributed by atoms with van der Waals surface area (Å²) in [4.78, 5) is 24.8. The number of nitrogens with zero attached hydrogens (tertiary/aromatic N) is 1. The summed E-state index contributed by atoms with van der Waals surface area (Å²) in [5.41, 5.74) is 2.20. The summed E-state index contributed by atoms with van der Waals surface area (Å²) in [5.74, 6) is 0.929. The molecule has 0 spiro atoms. The Hall–Kier alpha value is -1.84. The lowest BCUT2D eigenvalue weighted by atomic mass is 10.1. The molecule has 1 heterocycles. The van der Waals surface area contributed by atoms with E-state index in [0.29, 0.717) is 25.9 Å². The number of carbonyl (C=O) groups is 2. The minimum absolute atomic E-state index is 0.0398. The van der Waals surface area contributed by atoms with E-state index in [-0.39, 0.29) is 18.3 Å². The number of rotatable bonds is 3. The van der Waals surface area contributed by atoms with E-state index in [1.807, 2.05) is 32.0 Å². The standard InChI is InChI=1S/C15H19NO3/c1-11-3-4-14(12(2)9-11)19-10-15(18)16-7-5-13(17)6-8-16/h3-4,9H,5-8,10H2,1-2H3. The second kappa shape index (κ2) is 5.87. The third-order valence-electron chi connectivity index (χ3n) is 3.36. The maximum atomic E-state index is 11.9. The molecular formula is C15H19NO3. The number of amides is 1. The van der Waals surface area contributed by atoms with E-state index in [2.05, 4.69) is 0 Å². The fourth-order valence-electron chi connectivity index (χ4n) is 2.20. The minimum Gasteiger partial charge on any atom is -0.484 e. The van der Waals surface area contributed by atoms with Crippen molar-refractivity contribution in [2.24, 2.45) is 0 Å². The lowest BCUT2D eigenvalue weighted by Crippen LogP contribution is -2.41. The number of benzene rings is 1. The summed E-state index contributed by atoms with van der Waals surface area (Å²) in [6.07, 6.45) is 0.935. The van der Waals surface area contributed by atoms with Gasteiger partial charge in [0.15, 0.2) is 6.61 Å². The van der Waals surface area contributed by atoms with Crippen LogP contribution >= 0.6 is 0 Å². The summed E-state index contributed by atoms with van der Waals surface area (Å²) >= 11 is 0. The van der Waals surface area contributed by atoms with Gasteiger partial charge in [0.25, 0.3) is 5.91 Å². The Morgan fingerprint density at radius 3 is 2.58 bits per heavy atom. The molecule has 0 atom stereocenters. The van der Waals surface area contributed by atoms with Crippen LogP contribution < -0.4 is 4.74 Å². The average molecular weight is 261 g/mol. The SMILES string of the molecule is Cc1ccc(OCC(=O)N2CCC(=O)CC2)c(C)c1. The Bertz CT molecular complexity index is 486. The molecule has 4 heteroatoms. The van der Waals surface area contributed by atoms with Gasteiger partial charge in [-0.25, -0.2) is 0 Å². The zero-order chi connectivity index (χ0) is 13.8. The lowest BCUT2D eigenvalue weighted by molar-refractivity contribution is -0.136. The highest BCUT2D eigenvalue weighted by molar-refractivity contribution is 5.84. The molecule has 1 saturated heterocycles. The Labute approximate surface area is 113 Å². The summed E-state index contributed by atoms with van der Waals surface area (Å²) in [6.45, 7) is 5.07. The highest BCUT2D eigenvalue weighted by Gasteiger charge is 2.20. The van der Waals surface area contributed by atoms with Crippen molar-refractivity contribution in [1.82, 2.24) is 4.90 Å². The van der Waals surface area contributed by atoms with Crippen LogP contribution in [-0.4, -0.2) is 36.3 Å². The molecule has 0 saturated carbocycles. The molecule has 0 radical (unpaired) electrons. The number of ketones is 1. The molecule has 0 aliphatic carbocycles. The number of carbonyl (C=O) groups excluding carboxylic acids is 2. The van der Waals surface area contributed by atoms with Crippen LogP contribution in [0.4, 0.5) is 0 Å². The molecule has 1 aromatic rings. The van der Waals surface area contributed by atoms with Gasteiger partial charge in [-0.05, 0) is 25.5 Å². The molecule has 4 nitrogen and oxygen atoms in total. The third kappa shape index (κ3) is 3.56. The van der Waals surface area contributed by atoms with E-state index in [9.17, 15) is 9.59 Å². The normalized spacial score (nSPS) is 15.5. The van der Waals surface area contributed by atoms with E-state index in [1.54, 1.807) is 4.90 Å². The van der Waals surface area contributed by atoms with Crippen molar-refractivity contribution >= 4 is 11.7 Å². The summed E-state index contributed by atoms with van der Waals surface area (Å²) in [7, 11) is 0. The van der Waals surface area contributed by atoms with Crippen LogP contribution in [0.3, 0.4) is 0 Å². The van der Waals surface area contributed by atoms with Crippen molar-refractivity contribution in [3.05, 3.63) is 29.3 Å². The largest absolute Gasteiger partial charge is 0.484 e. The molecule has 102 valence electrons. The number of Topliss-reactive ketones (excluding diaryl/α,β-unsaturated/α-hetero) is 1. The van der Waals surface area contributed by atoms with E-state index >= 15 is 0 Å². The van der Waals surface area contributed by atoms with Gasteiger partial charge in [-0.15, -0.1) is 0 Å². The number of hydrogen-bond acceptors (Lipinski definition) is 3. The zero-order valence-electron chi connectivity index (χ0n) is 11.4. The Balaban J connectivity index is 1.88. The van der Waals surface area contributed by atoms with Gasteiger partial charge in [0, 0.05) is 25.9 Å². The van der Waals surface area contributed by atoms with Crippen LogP contribution in [0.25, 0.3) is 0 Å². The van der Waals surface area contributed by atoms with Gasteiger partial charge in [-0.3, -0.25) is 9.59 Å². The van der Waals surface area contributed by atoms with Gasteiger partial charge < -0.3 is 9.64 Å². The first-order chi connectivity index (χ1) is 9.06. The predicted octanol–water partition coefficient (Wildman–Crippen LogP) is 1.87. The van der Waals surface area contributed by atoms with Crippen molar-refractivity contribution < 1.29 is 14.3 Å². The van der Waals surface area contributed by atoms with Crippen molar-refractivity contribution in [3.63, 3.8) is 0 Å². The number of piperidine rings is 1. The molecular weight excluding hydrogens is 242 g/mol. The Kier molecular flexibility index (Phi) is 4.20. The molecule has 1 amide bonds. The summed E-state index contributed by atoms with van der Waals surface area (Å²) in [5, 5.41) is 0. The maximum Gasteiger partial charge on any atom is 0.260 e. The molecule has 19 heavy (non-hydrogen) atoms.